The molecule has 1 unspecified atom stereocenters. The number of benzene rings is 2. The second-order valence-electron chi connectivity index (χ2n) is 5.23. The number of ether oxygens (including phenoxy) is 1. The first-order valence-corrected chi connectivity index (χ1v) is 7.93. The fourth-order valence-electron chi connectivity index (χ4n) is 2.80. The van der Waals surface area contributed by atoms with Crippen LogP contribution < -0.4 is 10.1 Å². The van der Waals surface area contributed by atoms with Gasteiger partial charge in [0, 0.05) is 6.54 Å². The Balaban J connectivity index is 2.12. The number of nitrogens with one attached hydrogen (secondary N) is 1. The second kappa shape index (κ2) is 5.85. The summed E-state index contributed by atoms with van der Waals surface area (Å²) in [7, 11) is 1.51. The van der Waals surface area contributed by atoms with Crippen molar-refractivity contribution in [2.24, 2.45) is 0 Å². The summed E-state index contributed by atoms with van der Waals surface area (Å²) in [6, 6.07) is 6.75. The molecule has 0 radical (unpaired) electrons. The van der Waals surface area contributed by atoms with Crippen molar-refractivity contribution in [3.05, 3.63) is 44.5 Å². The largest absolute Gasteiger partial charge is 0.504 e. The average molecular weight is 413 g/mol. The van der Waals surface area contributed by atoms with E-state index in [2.05, 4.69) is 27.9 Å². The van der Waals surface area contributed by atoms with Gasteiger partial charge in [0.1, 0.15) is 0 Å². The van der Waals surface area contributed by atoms with Crippen LogP contribution in [0.25, 0.3) is 0 Å². The molecule has 1 heterocycles. The quantitative estimate of drug-likeness (QED) is 0.450. The number of phenols is 3. The molecule has 22 heavy (non-hydrogen) atoms. The molecule has 5 nitrogen and oxygen atoms in total. The van der Waals surface area contributed by atoms with E-state index in [4.69, 9.17) is 4.74 Å². The monoisotopic (exact) mass is 413 g/mol. The van der Waals surface area contributed by atoms with Crippen LogP contribution in [0.3, 0.4) is 0 Å². The van der Waals surface area contributed by atoms with Crippen molar-refractivity contribution >= 4 is 22.6 Å². The number of hydrogen-bond donors (Lipinski definition) is 4. The second-order valence-corrected chi connectivity index (χ2v) is 6.39. The number of rotatable bonds is 2. The van der Waals surface area contributed by atoms with E-state index in [1.54, 1.807) is 18.2 Å². The molecule has 0 spiro atoms. The highest BCUT2D eigenvalue weighted by Gasteiger charge is 2.24. The Kier molecular flexibility index (Phi) is 4.05. The van der Waals surface area contributed by atoms with Crippen LogP contribution in [0, 0.1) is 3.57 Å². The van der Waals surface area contributed by atoms with Crippen LogP contribution >= 0.6 is 22.6 Å². The van der Waals surface area contributed by atoms with Gasteiger partial charge in [0.25, 0.3) is 0 Å². The van der Waals surface area contributed by atoms with E-state index in [1.165, 1.54) is 7.11 Å². The summed E-state index contributed by atoms with van der Waals surface area (Å²) in [5.74, 6) is 0.306. The lowest BCUT2D eigenvalue weighted by atomic mass is 9.89. The summed E-state index contributed by atoms with van der Waals surface area (Å²) in [5, 5.41) is 32.8. The molecule has 1 aliphatic heterocycles. The van der Waals surface area contributed by atoms with Gasteiger partial charge in [-0.3, -0.25) is 0 Å². The summed E-state index contributed by atoms with van der Waals surface area (Å²) >= 11 is 2.06. The average Bonchev–Trinajstić information content (AvgIpc) is 2.50. The Morgan fingerprint density at radius 2 is 1.86 bits per heavy atom. The Morgan fingerprint density at radius 1 is 1.14 bits per heavy atom. The van der Waals surface area contributed by atoms with Crippen molar-refractivity contribution in [1.29, 1.82) is 0 Å². The van der Waals surface area contributed by atoms with Gasteiger partial charge in [-0.25, -0.2) is 0 Å². The van der Waals surface area contributed by atoms with Gasteiger partial charge in [0.05, 0.1) is 16.7 Å². The predicted molar refractivity (Wildman–Crippen MR) is 90.7 cm³/mol. The first-order chi connectivity index (χ1) is 10.5. The fraction of sp³-hybridized carbons (Fsp3) is 0.250. The van der Waals surface area contributed by atoms with Gasteiger partial charge in [-0.1, -0.05) is 0 Å². The lowest BCUT2D eigenvalue weighted by molar-refractivity contribution is 0.370. The van der Waals surface area contributed by atoms with Crippen molar-refractivity contribution in [2.75, 3.05) is 13.7 Å². The fourth-order valence-corrected chi connectivity index (χ4v) is 3.42. The van der Waals surface area contributed by atoms with Crippen molar-refractivity contribution in [2.45, 2.75) is 12.5 Å². The minimum absolute atomic E-state index is 0.0998. The highest BCUT2D eigenvalue weighted by Crippen LogP contribution is 2.40. The molecule has 0 saturated heterocycles. The molecule has 3 rings (SSSR count). The van der Waals surface area contributed by atoms with Crippen LogP contribution in [-0.4, -0.2) is 29.0 Å². The summed E-state index contributed by atoms with van der Waals surface area (Å²) in [5.41, 5.74) is 2.86. The molecule has 0 amide bonds. The number of aromatic hydroxyl groups is 3. The van der Waals surface area contributed by atoms with Crippen molar-refractivity contribution in [3.8, 4) is 23.0 Å². The minimum atomic E-state index is -0.132. The lowest BCUT2D eigenvalue weighted by Crippen LogP contribution is -2.30. The van der Waals surface area contributed by atoms with Gasteiger partial charge in [0.2, 0.25) is 0 Å². The molecule has 0 fully saturated rings. The normalized spacial score (nSPS) is 17.1. The van der Waals surface area contributed by atoms with E-state index in [0.717, 1.165) is 29.7 Å². The molecule has 2 aromatic carbocycles. The molecule has 4 N–H and O–H groups in total. The molecule has 2 aromatic rings. The van der Waals surface area contributed by atoms with E-state index in [0.29, 0.717) is 9.32 Å². The third kappa shape index (κ3) is 2.56. The summed E-state index contributed by atoms with van der Waals surface area (Å²) in [6.07, 6.45) is 0.784. The Bertz CT molecular complexity index is 733. The number of methoxy groups -OCH3 is 1. The van der Waals surface area contributed by atoms with Gasteiger partial charge in [-0.15, -0.1) is 0 Å². The van der Waals surface area contributed by atoms with Crippen LogP contribution in [0.1, 0.15) is 22.7 Å². The van der Waals surface area contributed by atoms with E-state index in [1.807, 2.05) is 6.07 Å². The highest BCUT2D eigenvalue weighted by atomic mass is 127. The molecular weight excluding hydrogens is 397 g/mol. The zero-order chi connectivity index (χ0) is 15.9. The molecule has 0 saturated carbocycles. The molecular formula is C16H16INO4. The summed E-state index contributed by atoms with van der Waals surface area (Å²) in [6.45, 7) is 0.766. The first-order valence-electron chi connectivity index (χ1n) is 6.85. The van der Waals surface area contributed by atoms with E-state index >= 15 is 0 Å². The third-order valence-corrected chi connectivity index (χ3v) is 4.72. The van der Waals surface area contributed by atoms with Gasteiger partial charge in [-0.2, -0.15) is 0 Å². The van der Waals surface area contributed by atoms with Crippen LogP contribution in [0.5, 0.6) is 23.0 Å². The SMILES string of the molecule is COc1cc(C2NCCc3cc(O)c(O)cc32)cc(I)c1O. The standard InChI is InChI=1S/C16H16INO4/c1-22-14-6-9(4-11(17)16(14)21)15-10-7-13(20)12(19)5-8(10)2-3-18-15/h4-7,15,18-21H,2-3H2,1H3. The van der Waals surface area contributed by atoms with Gasteiger partial charge < -0.3 is 25.4 Å². The Labute approximate surface area is 141 Å². The minimum Gasteiger partial charge on any atom is -0.504 e. The first kappa shape index (κ1) is 15.2. The van der Waals surface area contributed by atoms with Crippen molar-refractivity contribution in [1.82, 2.24) is 5.32 Å². The topological polar surface area (TPSA) is 82.0 Å². The van der Waals surface area contributed by atoms with Crippen LogP contribution in [0.4, 0.5) is 0 Å². The summed E-state index contributed by atoms with van der Waals surface area (Å²) < 4.78 is 5.91. The molecule has 1 aliphatic rings. The number of hydrogen-bond acceptors (Lipinski definition) is 5. The zero-order valence-electron chi connectivity index (χ0n) is 11.9. The molecule has 0 bridgehead atoms. The van der Waals surface area contributed by atoms with Gasteiger partial charge in [0.15, 0.2) is 23.0 Å². The van der Waals surface area contributed by atoms with Crippen LogP contribution in [0.15, 0.2) is 24.3 Å². The predicted octanol–water partition coefficient (Wildman–Crippen LogP) is 2.65. The number of fused-ring (bicyclic) bond motifs is 1. The molecule has 116 valence electrons. The third-order valence-electron chi connectivity index (χ3n) is 3.89. The van der Waals surface area contributed by atoms with Gasteiger partial charge in [-0.05, 0) is 70.0 Å². The van der Waals surface area contributed by atoms with E-state index in [9.17, 15) is 15.3 Å². The molecule has 0 aromatic heterocycles. The van der Waals surface area contributed by atoms with Gasteiger partial charge >= 0.3 is 0 Å². The van der Waals surface area contributed by atoms with Crippen LogP contribution in [0.2, 0.25) is 0 Å². The maximum Gasteiger partial charge on any atom is 0.171 e. The highest BCUT2D eigenvalue weighted by molar-refractivity contribution is 14.1. The zero-order valence-corrected chi connectivity index (χ0v) is 14.1. The van der Waals surface area contributed by atoms with E-state index < -0.39 is 0 Å². The lowest BCUT2D eigenvalue weighted by Gasteiger charge is -2.28. The Hall–Kier alpha value is -1.67. The van der Waals surface area contributed by atoms with E-state index in [-0.39, 0.29) is 23.3 Å². The Morgan fingerprint density at radius 3 is 2.59 bits per heavy atom. The molecule has 1 atom stereocenters. The van der Waals surface area contributed by atoms with Crippen LogP contribution in [-0.2, 0) is 6.42 Å². The van der Waals surface area contributed by atoms with Crippen molar-refractivity contribution in [3.63, 3.8) is 0 Å². The maximum absolute atomic E-state index is 9.97. The molecule has 6 heteroatoms. The number of phenolic OH excluding ortho intramolecular Hbond substituents is 3. The van der Waals surface area contributed by atoms with Crippen molar-refractivity contribution < 1.29 is 20.1 Å². The maximum atomic E-state index is 9.97. The number of halogens is 1. The smallest absolute Gasteiger partial charge is 0.171 e. The summed E-state index contributed by atoms with van der Waals surface area (Å²) in [4.78, 5) is 0. The molecule has 0 aliphatic carbocycles.